The van der Waals surface area contributed by atoms with Gasteiger partial charge in [0.2, 0.25) is 0 Å². The maximum absolute atomic E-state index is 5.86. The maximum atomic E-state index is 5.86. The fourth-order valence-electron chi connectivity index (χ4n) is 2.87. The quantitative estimate of drug-likeness (QED) is 0.699. The van der Waals surface area contributed by atoms with Crippen LogP contribution >= 0.6 is 33.9 Å². The summed E-state index contributed by atoms with van der Waals surface area (Å²) in [4.78, 5) is 5.73. The van der Waals surface area contributed by atoms with E-state index in [1.807, 2.05) is 13.8 Å². The first kappa shape index (κ1) is 18.5. The Morgan fingerprint density at radius 2 is 2.17 bits per heavy atom. The standard InChI is InChI=1S/C15H18IN3OS.C2H6/c1-8-5-9(6-10(16)13(8)20-2)7-12-14-11(3-4-18-12)19-15(17)21-14;1-2/h5-6,12,18H,3-4,7H2,1-2H3,(H2,17,19);1-2H3. The highest BCUT2D eigenvalue weighted by Crippen LogP contribution is 2.34. The number of anilines is 1. The predicted octanol–water partition coefficient (Wildman–Crippen LogP) is 4.10. The Hall–Kier alpha value is -0.860. The first-order chi connectivity index (χ1) is 11.1. The van der Waals surface area contributed by atoms with Crippen molar-refractivity contribution in [3.63, 3.8) is 0 Å². The van der Waals surface area contributed by atoms with Crippen LogP contribution in [0.5, 0.6) is 5.75 Å². The summed E-state index contributed by atoms with van der Waals surface area (Å²) in [5.41, 5.74) is 9.52. The third kappa shape index (κ3) is 4.16. The molecule has 126 valence electrons. The van der Waals surface area contributed by atoms with Crippen LogP contribution in [0.3, 0.4) is 0 Å². The lowest BCUT2D eigenvalue weighted by molar-refractivity contribution is 0.408. The molecule has 0 amide bonds. The van der Waals surface area contributed by atoms with Crippen molar-refractivity contribution in [1.82, 2.24) is 10.3 Å². The molecule has 1 atom stereocenters. The summed E-state index contributed by atoms with van der Waals surface area (Å²) in [5.74, 6) is 0.971. The van der Waals surface area contributed by atoms with Crippen LogP contribution in [0.2, 0.25) is 0 Å². The smallest absolute Gasteiger partial charge is 0.180 e. The lowest BCUT2D eigenvalue weighted by atomic mass is 9.98. The molecule has 3 N–H and O–H groups in total. The number of aromatic nitrogens is 1. The topological polar surface area (TPSA) is 60.2 Å². The molecule has 1 aromatic heterocycles. The van der Waals surface area contributed by atoms with Crippen LogP contribution in [0.1, 0.15) is 41.6 Å². The summed E-state index contributed by atoms with van der Waals surface area (Å²) in [5, 5.41) is 4.26. The second-order valence-corrected chi connectivity index (χ2v) is 7.48. The second-order valence-electron chi connectivity index (χ2n) is 5.25. The normalized spacial score (nSPS) is 16.3. The van der Waals surface area contributed by atoms with Gasteiger partial charge in [0.05, 0.1) is 16.4 Å². The van der Waals surface area contributed by atoms with Gasteiger partial charge in [0.15, 0.2) is 5.13 Å². The first-order valence-electron chi connectivity index (χ1n) is 7.90. The highest BCUT2D eigenvalue weighted by atomic mass is 127. The monoisotopic (exact) mass is 445 g/mol. The Morgan fingerprint density at radius 1 is 1.43 bits per heavy atom. The van der Waals surface area contributed by atoms with Gasteiger partial charge in [0.25, 0.3) is 0 Å². The Balaban J connectivity index is 0.000000924. The summed E-state index contributed by atoms with van der Waals surface area (Å²) < 4.78 is 6.59. The van der Waals surface area contributed by atoms with E-state index in [0.717, 1.165) is 28.7 Å². The molecule has 23 heavy (non-hydrogen) atoms. The molecule has 0 saturated heterocycles. The van der Waals surface area contributed by atoms with E-state index in [0.29, 0.717) is 11.2 Å². The number of ether oxygens (including phenoxy) is 1. The van der Waals surface area contributed by atoms with E-state index in [4.69, 9.17) is 10.5 Å². The van der Waals surface area contributed by atoms with Gasteiger partial charge in [-0.15, -0.1) is 11.3 Å². The molecular formula is C17H24IN3OS. The van der Waals surface area contributed by atoms with Crippen LogP contribution in [0.4, 0.5) is 5.13 Å². The van der Waals surface area contributed by atoms with Crippen molar-refractivity contribution in [2.75, 3.05) is 19.4 Å². The van der Waals surface area contributed by atoms with Crippen LogP contribution in [-0.4, -0.2) is 18.6 Å². The molecule has 1 unspecified atom stereocenters. The molecule has 0 aliphatic carbocycles. The summed E-state index contributed by atoms with van der Waals surface area (Å²) >= 11 is 3.95. The van der Waals surface area contributed by atoms with Gasteiger partial charge in [-0.05, 0) is 53.1 Å². The number of nitrogens with one attached hydrogen (secondary N) is 1. The van der Waals surface area contributed by atoms with Gasteiger partial charge in [-0.3, -0.25) is 0 Å². The molecule has 2 aromatic rings. The van der Waals surface area contributed by atoms with Gasteiger partial charge in [0, 0.05) is 23.9 Å². The van der Waals surface area contributed by atoms with Crippen LogP contribution in [-0.2, 0) is 12.8 Å². The molecule has 1 aromatic carbocycles. The third-order valence-electron chi connectivity index (χ3n) is 3.75. The molecule has 1 aliphatic heterocycles. The van der Waals surface area contributed by atoms with Crippen molar-refractivity contribution >= 4 is 39.1 Å². The number of hydrogen-bond acceptors (Lipinski definition) is 5. The third-order valence-corrected chi connectivity index (χ3v) is 5.59. The fraction of sp³-hybridized carbons (Fsp3) is 0.471. The number of halogens is 1. The number of hydrogen-bond donors (Lipinski definition) is 2. The van der Waals surface area contributed by atoms with Gasteiger partial charge in [-0.2, -0.15) is 0 Å². The molecule has 1 aliphatic rings. The molecule has 3 rings (SSSR count). The van der Waals surface area contributed by atoms with Gasteiger partial charge >= 0.3 is 0 Å². The number of fused-ring (bicyclic) bond motifs is 1. The molecule has 0 bridgehead atoms. The summed E-state index contributed by atoms with van der Waals surface area (Å²) in [6, 6.07) is 4.72. The van der Waals surface area contributed by atoms with E-state index < -0.39 is 0 Å². The number of benzene rings is 1. The minimum Gasteiger partial charge on any atom is -0.495 e. The number of nitrogens with zero attached hydrogens (tertiary/aromatic N) is 1. The SMILES string of the molecule is CC.COc1c(C)cc(CC2NCCc3nc(N)sc32)cc1I. The minimum atomic E-state index is 0.312. The maximum Gasteiger partial charge on any atom is 0.180 e. The molecule has 2 heterocycles. The summed E-state index contributed by atoms with van der Waals surface area (Å²) in [7, 11) is 1.72. The number of thiazole rings is 1. The van der Waals surface area contributed by atoms with Crippen LogP contribution < -0.4 is 15.8 Å². The van der Waals surface area contributed by atoms with Crippen molar-refractivity contribution in [2.24, 2.45) is 0 Å². The Morgan fingerprint density at radius 3 is 2.83 bits per heavy atom. The predicted molar refractivity (Wildman–Crippen MR) is 106 cm³/mol. The summed E-state index contributed by atoms with van der Waals surface area (Å²) in [6.45, 7) is 7.06. The van der Waals surface area contributed by atoms with Crippen LogP contribution in [0.15, 0.2) is 12.1 Å². The van der Waals surface area contributed by atoms with Crippen LogP contribution in [0.25, 0.3) is 0 Å². The first-order valence-corrected chi connectivity index (χ1v) is 9.79. The van der Waals surface area contributed by atoms with Gasteiger partial charge in [-0.25, -0.2) is 4.98 Å². The van der Waals surface area contributed by atoms with E-state index in [1.165, 1.54) is 21.7 Å². The summed E-state index contributed by atoms with van der Waals surface area (Å²) in [6.07, 6.45) is 1.92. The molecule has 4 nitrogen and oxygen atoms in total. The molecule has 0 saturated carbocycles. The van der Waals surface area contributed by atoms with E-state index in [9.17, 15) is 0 Å². The number of methoxy groups -OCH3 is 1. The minimum absolute atomic E-state index is 0.312. The van der Waals surface area contributed by atoms with Crippen LogP contribution in [0, 0.1) is 10.5 Å². The highest BCUT2D eigenvalue weighted by Gasteiger charge is 2.24. The number of rotatable bonds is 3. The van der Waals surface area contributed by atoms with E-state index in [2.05, 4.69) is 51.9 Å². The van der Waals surface area contributed by atoms with Gasteiger partial charge in [-0.1, -0.05) is 19.9 Å². The van der Waals surface area contributed by atoms with Gasteiger partial charge in [0.1, 0.15) is 5.75 Å². The van der Waals surface area contributed by atoms with E-state index in [-0.39, 0.29) is 0 Å². The number of aryl methyl sites for hydroxylation is 1. The van der Waals surface area contributed by atoms with Gasteiger partial charge < -0.3 is 15.8 Å². The van der Waals surface area contributed by atoms with Crippen molar-refractivity contribution < 1.29 is 4.74 Å². The fourth-order valence-corrected chi connectivity index (χ4v) is 4.87. The highest BCUT2D eigenvalue weighted by molar-refractivity contribution is 14.1. The molecule has 0 fully saturated rings. The lowest BCUT2D eigenvalue weighted by Crippen LogP contribution is -2.30. The second kappa shape index (κ2) is 8.30. The average molecular weight is 445 g/mol. The lowest BCUT2D eigenvalue weighted by Gasteiger charge is -2.23. The molecule has 6 heteroatoms. The van der Waals surface area contributed by atoms with E-state index in [1.54, 1.807) is 18.4 Å². The Bertz CT molecular complexity index is 649. The number of nitrogen functional groups attached to an aromatic ring is 1. The van der Waals surface area contributed by atoms with Crippen molar-refractivity contribution in [1.29, 1.82) is 0 Å². The van der Waals surface area contributed by atoms with Crippen molar-refractivity contribution in [3.8, 4) is 5.75 Å². The molecular weight excluding hydrogens is 421 g/mol. The van der Waals surface area contributed by atoms with E-state index >= 15 is 0 Å². The zero-order valence-electron chi connectivity index (χ0n) is 14.1. The molecule has 0 radical (unpaired) electrons. The zero-order valence-corrected chi connectivity index (χ0v) is 17.0. The number of nitrogens with two attached hydrogens (primary N) is 1. The Kier molecular flexibility index (Phi) is 6.67. The zero-order chi connectivity index (χ0) is 17.0. The average Bonchev–Trinajstić information content (AvgIpc) is 2.90. The Labute approximate surface area is 156 Å². The van der Waals surface area contributed by atoms with Crippen molar-refractivity contribution in [2.45, 2.75) is 39.7 Å². The largest absolute Gasteiger partial charge is 0.495 e. The van der Waals surface area contributed by atoms with Crippen molar-refractivity contribution in [3.05, 3.63) is 37.4 Å². The molecule has 0 spiro atoms.